The average molecular weight is 510 g/mol. The summed E-state index contributed by atoms with van der Waals surface area (Å²) in [5.74, 6) is -0.885. The van der Waals surface area contributed by atoms with Crippen molar-refractivity contribution < 1.29 is 14.0 Å². The molecule has 5 aromatic rings. The van der Waals surface area contributed by atoms with Crippen molar-refractivity contribution in [1.82, 2.24) is 15.2 Å². The molecule has 1 aliphatic heterocycles. The first-order chi connectivity index (χ1) is 18.0. The lowest BCUT2D eigenvalue weighted by Gasteiger charge is -2.16. The third-order valence-corrected chi connectivity index (χ3v) is 7.31. The summed E-state index contributed by atoms with van der Waals surface area (Å²) >= 11 is 1.25. The molecule has 1 N–H and O–H groups in total. The van der Waals surface area contributed by atoms with Gasteiger partial charge >= 0.3 is 0 Å². The predicted octanol–water partition coefficient (Wildman–Crippen LogP) is 5.67. The van der Waals surface area contributed by atoms with Gasteiger partial charge in [0.25, 0.3) is 5.91 Å². The van der Waals surface area contributed by atoms with Crippen LogP contribution in [-0.4, -0.2) is 33.5 Å². The summed E-state index contributed by atoms with van der Waals surface area (Å²) < 4.78 is 13.3. The monoisotopic (exact) mass is 509 g/mol. The van der Waals surface area contributed by atoms with Gasteiger partial charge in [-0.3, -0.25) is 14.9 Å². The zero-order valence-corrected chi connectivity index (χ0v) is 20.3. The molecule has 0 aliphatic carbocycles. The van der Waals surface area contributed by atoms with Gasteiger partial charge in [-0.2, -0.15) is 0 Å². The second kappa shape index (κ2) is 9.51. The van der Waals surface area contributed by atoms with E-state index in [0.29, 0.717) is 33.6 Å². The topological polar surface area (TPSA) is 88.1 Å². The summed E-state index contributed by atoms with van der Waals surface area (Å²) in [6.07, 6.45) is 0.273. The first-order valence-electron chi connectivity index (χ1n) is 11.7. The Morgan fingerprint density at radius 3 is 2.54 bits per heavy atom. The smallest absolute Gasteiger partial charge is 0.258 e. The van der Waals surface area contributed by atoms with Crippen molar-refractivity contribution in [2.45, 2.75) is 12.3 Å². The van der Waals surface area contributed by atoms with Crippen LogP contribution in [0, 0.1) is 5.82 Å². The molecular formula is C28H20FN5O2S. The van der Waals surface area contributed by atoms with E-state index in [0.717, 1.165) is 16.5 Å². The van der Waals surface area contributed by atoms with Gasteiger partial charge < -0.3 is 4.90 Å². The number of para-hydroxylation sites is 1. The van der Waals surface area contributed by atoms with E-state index in [1.54, 1.807) is 23.1 Å². The summed E-state index contributed by atoms with van der Waals surface area (Å²) in [5, 5.41) is 13.0. The van der Waals surface area contributed by atoms with Crippen molar-refractivity contribution in [1.29, 1.82) is 0 Å². The van der Waals surface area contributed by atoms with Crippen LogP contribution in [0.4, 0.5) is 15.2 Å². The number of anilines is 2. The molecule has 1 unspecified atom stereocenters. The van der Waals surface area contributed by atoms with Crippen molar-refractivity contribution in [2.75, 3.05) is 16.8 Å². The predicted molar refractivity (Wildman–Crippen MR) is 141 cm³/mol. The highest BCUT2D eigenvalue weighted by atomic mass is 32.1. The maximum Gasteiger partial charge on any atom is 0.258 e. The minimum absolute atomic E-state index is 0.0610. The van der Waals surface area contributed by atoms with Crippen molar-refractivity contribution in [3.63, 3.8) is 0 Å². The van der Waals surface area contributed by atoms with E-state index in [2.05, 4.69) is 15.5 Å². The van der Waals surface area contributed by atoms with E-state index in [1.807, 2.05) is 54.6 Å². The number of carbonyl (C=O) groups excluding carboxylic acids is 2. The molecule has 3 heterocycles. The van der Waals surface area contributed by atoms with Crippen LogP contribution >= 0.6 is 11.3 Å². The lowest BCUT2D eigenvalue weighted by molar-refractivity contribution is -0.117. The van der Waals surface area contributed by atoms with Crippen LogP contribution in [0.1, 0.15) is 27.7 Å². The Morgan fingerprint density at radius 1 is 0.973 bits per heavy atom. The first-order valence-corrected chi connectivity index (χ1v) is 12.5. The highest BCUT2D eigenvalue weighted by Crippen LogP contribution is 2.34. The maximum atomic E-state index is 13.4. The molecule has 2 amide bonds. The molecule has 1 atom stereocenters. The molecule has 2 aromatic heterocycles. The second-order valence-corrected chi connectivity index (χ2v) is 9.73. The fraction of sp³-hybridized carbons (Fsp3) is 0.107. The average Bonchev–Trinajstić information content (AvgIpc) is 3.55. The van der Waals surface area contributed by atoms with Crippen molar-refractivity contribution in [3.8, 4) is 11.3 Å². The number of benzene rings is 3. The second-order valence-electron chi connectivity index (χ2n) is 8.72. The summed E-state index contributed by atoms with van der Waals surface area (Å²) in [6, 6.07) is 24.8. The van der Waals surface area contributed by atoms with Crippen LogP contribution < -0.4 is 10.2 Å². The Kier molecular flexibility index (Phi) is 5.90. The zero-order chi connectivity index (χ0) is 25.4. The minimum Gasteiger partial charge on any atom is -0.312 e. The molecule has 0 saturated carbocycles. The third-order valence-electron chi connectivity index (χ3n) is 6.30. The summed E-state index contributed by atoms with van der Waals surface area (Å²) in [5.41, 5.74) is 3.47. The summed E-state index contributed by atoms with van der Waals surface area (Å²) in [4.78, 5) is 32.3. The largest absolute Gasteiger partial charge is 0.312 e. The SMILES string of the molecule is O=C(Nc1nnc(C2CC(=O)N(c3ccc(F)cc3)C2)s1)c1cc(-c2ccccc2)nc2ccccc12. The number of hydrogen-bond donors (Lipinski definition) is 1. The number of pyridine rings is 1. The van der Waals surface area contributed by atoms with Gasteiger partial charge in [-0.05, 0) is 36.4 Å². The zero-order valence-electron chi connectivity index (χ0n) is 19.5. The Balaban J connectivity index is 1.24. The van der Waals surface area contributed by atoms with Gasteiger partial charge in [0.2, 0.25) is 11.0 Å². The fourth-order valence-corrected chi connectivity index (χ4v) is 5.31. The number of hydrogen-bond acceptors (Lipinski definition) is 6. The Labute approximate surface area is 215 Å². The Hall–Kier alpha value is -4.50. The molecule has 0 spiro atoms. The van der Waals surface area contributed by atoms with E-state index >= 15 is 0 Å². The van der Waals surface area contributed by atoms with Crippen LogP contribution in [-0.2, 0) is 4.79 Å². The molecule has 1 aliphatic rings. The maximum absolute atomic E-state index is 13.4. The van der Waals surface area contributed by atoms with Crippen LogP contribution in [0.3, 0.4) is 0 Å². The molecule has 0 radical (unpaired) electrons. The van der Waals surface area contributed by atoms with E-state index in [4.69, 9.17) is 4.98 Å². The third kappa shape index (κ3) is 4.56. The number of nitrogens with one attached hydrogen (secondary N) is 1. The number of rotatable bonds is 5. The van der Waals surface area contributed by atoms with Gasteiger partial charge in [0, 0.05) is 35.5 Å². The summed E-state index contributed by atoms with van der Waals surface area (Å²) in [6.45, 7) is 0.419. The number of fused-ring (bicyclic) bond motifs is 1. The van der Waals surface area contributed by atoms with Crippen molar-refractivity contribution >= 4 is 44.9 Å². The molecule has 9 heteroatoms. The standard InChI is InChI=1S/C28H20FN5O2S/c29-19-10-12-20(13-11-19)34-16-18(14-25(34)35)27-32-33-28(37-27)31-26(36)22-15-24(17-6-2-1-3-7-17)30-23-9-5-4-8-21(22)23/h1-13,15,18H,14,16H2,(H,31,33,36). The number of nitrogens with zero attached hydrogens (tertiary/aromatic N) is 4. The number of amides is 2. The number of carbonyl (C=O) groups is 2. The van der Waals surface area contributed by atoms with Crippen LogP contribution in [0.2, 0.25) is 0 Å². The molecule has 3 aromatic carbocycles. The minimum atomic E-state index is -0.352. The lowest BCUT2D eigenvalue weighted by atomic mass is 10.0. The Bertz CT molecular complexity index is 1620. The summed E-state index contributed by atoms with van der Waals surface area (Å²) in [7, 11) is 0. The van der Waals surface area contributed by atoms with Gasteiger partial charge in [0.05, 0.1) is 16.8 Å². The number of halogens is 1. The number of aromatic nitrogens is 3. The molecule has 0 bridgehead atoms. The van der Waals surface area contributed by atoms with E-state index in [-0.39, 0.29) is 30.0 Å². The van der Waals surface area contributed by atoms with Gasteiger partial charge in [-0.1, -0.05) is 59.9 Å². The normalized spacial score (nSPS) is 15.3. The molecule has 6 rings (SSSR count). The highest BCUT2D eigenvalue weighted by molar-refractivity contribution is 7.15. The fourth-order valence-electron chi connectivity index (χ4n) is 4.48. The quantitative estimate of drug-likeness (QED) is 0.330. The molecular weight excluding hydrogens is 489 g/mol. The molecule has 1 fully saturated rings. The Morgan fingerprint density at radius 2 is 1.73 bits per heavy atom. The highest BCUT2D eigenvalue weighted by Gasteiger charge is 2.34. The van der Waals surface area contributed by atoms with Gasteiger partial charge in [0.1, 0.15) is 10.8 Å². The van der Waals surface area contributed by atoms with E-state index in [9.17, 15) is 14.0 Å². The van der Waals surface area contributed by atoms with Gasteiger partial charge in [-0.25, -0.2) is 9.37 Å². The van der Waals surface area contributed by atoms with Crippen LogP contribution in [0.15, 0.2) is 84.9 Å². The van der Waals surface area contributed by atoms with Gasteiger partial charge in [0.15, 0.2) is 0 Å². The van der Waals surface area contributed by atoms with Crippen LogP contribution in [0.25, 0.3) is 22.2 Å². The van der Waals surface area contributed by atoms with Crippen LogP contribution in [0.5, 0.6) is 0 Å². The lowest BCUT2D eigenvalue weighted by Crippen LogP contribution is -2.24. The van der Waals surface area contributed by atoms with Crippen molar-refractivity contribution in [3.05, 3.63) is 101 Å². The first kappa shape index (κ1) is 22.9. The van der Waals surface area contributed by atoms with E-state index in [1.165, 1.54) is 23.5 Å². The van der Waals surface area contributed by atoms with Gasteiger partial charge in [-0.15, -0.1) is 10.2 Å². The van der Waals surface area contributed by atoms with Crippen molar-refractivity contribution in [2.24, 2.45) is 0 Å². The molecule has 182 valence electrons. The molecule has 7 nitrogen and oxygen atoms in total. The van der Waals surface area contributed by atoms with E-state index < -0.39 is 0 Å². The molecule has 1 saturated heterocycles. The molecule has 37 heavy (non-hydrogen) atoms.